The van der Waals surface area contributed by atoms with Gasteiger partial charge in [-0.25, -0.2) is 0 Å². The second-order valence-electron chi connectivity index (χ2n) is 4.71. The van der Waals surface area contributed by atoms with Crippen LogP contribution in [0.3, 0.4) is 0 Å². The van der Waals surface area contributed by atoms with Crippen molar-refractivity contribution in [1.29, 1.82) is 0 Å². The fourth-order valence-electron chi connectivity index (χ4n) is 2.04. The SMILES string of the molecule is CCCCNC(=O)CN1CCN(C(=O)CC)CC1. The number of nitrogens with one attached hydrogen (secondary N) is 1. The Hall–Kier alpha value is -1.10. The summed E-state index contributed by atoms with van der Waals surface area (Å²) < 4.78 is 0. The monoisotopic (exact) mass is 255 g/mol. The van der Waals surface area contributed by atoms with Crippen molar-refractivity contribution in [3.05, 3.63) is 0 Å². The van der Waals surface area contributed by atoms with Crippen LogP contribution in [0.15, 0.2) is 0 Å². The first kappa shape index (κ1) is 15.0. The summed E-state index contributed by atoms with van der Waals surface area (Å²) in [5.41, 5.74) is 0. The fraction of sp³-hybridized carbons (Fsp3) is 0.846. The molecule has 5 nitrogen and oxygen atoms in total. The van der Waals surface area contributed by atoms with Gasteiger partial charge in [-0.1, -0.05) is 20.3 Å². The van der Waals surface area contributed by atoms with E-state index in [4.69, 9.17) is 0 Å². The van der Waals surface area contributed by atoms with E-state index in [1.165, 1.54) is 0 Å². The van der Waals surface area contributed by atoms with Gasteiger partial charge >= 0.3 is 0 Å². The summed E-state index contributed by atoms with van der Waals surface area (Å²) in [5.74, 6) is 0.306. The van der Waals surface area contributed by atoms with E-state index in [0.717, 1.165) is 45.6 Å². The molecule has 1 N–H and O–H groups in total. The van der Waals surface area contributed by atoms with E-state index in [1.807, 2.05) is 11.8 Å². The predicted molar refractivity (Wildman–Crippen MR) is 71.2 cm³/mol. The topological polar surface area (TPSA) is 52.7 Å². The van der Waals surface area contributed by atoms with Gasteiger partial charge in [-0.3, -0.25) is 14.5 Å². The number of hydrogen-bond acceptors (Lipinski definition) is 3. The van der Waals surface area contributed by atoms with E-state index in [0.29, 0.717) is 13.0 Å². The van der Waals surface area contributed by atoms with Crippen molar-refractivity contribution in [2.24, 2.45) is 0 Å². The summed E-state index contributed by atoms with van der Waals surface area (Å²) in [6.45, 7) is 8.30. The maximum absolute atomic E-state index is 11.6. The zero-order chi connectivity index (χ0) is 13.4. The summed E-state index contributed by atoms with van der Waals surface area (Å²) >= 11 is 0. The lowest BCUT2D eigenvalue weighted by molar-refractivity contribution is -0.132. The maximum atomic E-state index is 11.6. The van der Waals surface area contributed by atoms with E-state index in [1.54, 1.807) is 0 Å². The predicted octanol–water partition coefficient (Wildman–Crippen LogP) is 0.457. The minimum Gasteiger partial charge on any atom is -0.355 e. The standard InChI is InChI=1S/C13H25N3O2/c1-3-5-6-14-12(17)11-15-7-9-16(10-8-15)13(18)4-2/h3-11H2,1-2H3,(H,14,17). The molecular formula is C13H25N3O2. The van der Waals surface area contributed by atoms with E-state index < -0.39 is 0 Å². The summed E-state index contributed by atoms with van der Waals surface area (Å²) in [6.07, 6.45) is 2.69. The molecule has 0 atom stereocenters. The second-order valence-corrected chi connectivity index (χ2v) is 4.71. The van der Waals surface area contributed by atoms with Crippen molar-refractivity contribution < 1.29 is 9.59 Å². The minimum absolute atomic E-state index is 0.0960. The van der Waals surface area contributed by atoms with E-state index in [-0.39, 0.29) is 11.8 Å². The zero-order valence-electron chi connectivity index (χ0n) is 11.6. The molecule has 1 aliphatic rings. The molecule has 1 rings (SSSR count). The van der Waals surface area contributed by atoms with Crippen LogP contribution < -0.4 is 5.32 Å². The number of piperazine rings is 1. The summed E-state index contributed by atoms with van der Waals surface area (Å²) in [7, 11) is 0. The number of carbonyl (C=O) groups is 2. The summed E-state index contributed by atoms with van der Waals surface area (Å²) in [5, 5.41) is 2.91. The van der Waals surface area contributed by atoms with Crippen LogP contribution >= 0.6 is 0 Å². The van der Waals surface area contributed by atoms with Crippen molar-refractivity contribution in [3.8, 4) is 0 Å². The molecule has 0 radical (unpaired) electrons. The van der Waals surface area contributed by atoms with Crippen molar-refractivity contribution in [3.63, 3.8) is 0 Å². The third kappa shape index (κ3) is 5.04. The van der Waals surface area contributed by atoms with Crippen LogP contribution in [0.2, 0.25) is 0 Å². The van der Waals surface area contributed by atoms with Crippen molar-refractivity contribution in [2.75, 3.05) is 39.3 Å². The van der Waals surface area contributed by atoms with E-state index >= 15 is 0 Å². The average molecular weight is 255 g/mol. The molecule has 0 aromatic heterocycles. The van der Waals surface area contributed by atoms with Crippen LogP contribution in [0, 0.1) is 0 Å². The van der Waals surface area contributed by atoms with E-state index in [9.17, 15) is 9.59 Å². The summed E-state index contributed by atoms with van der Waals surface area (Å²) in [4.78, 5) is 27.1. The lowest BCUT2D eigenvalue weighted by Gasteiger charge is -2.34. The normalized spacial score (nSPS) is 16.7. The minimum atomic E-state index is 0.0960. The Morgan fingerprint density at radius 1 is 1.11 bits per heavy atom. The van der Waals surface area contributed by atoms with Crippen LogP contribution in [-0.2, 0) is 9.59 Å². The van der Waals surface area contributed by atoms with Gasteiger partial charge in [0, 0.05) is 39.1 Å². The van der Waals surface area contributed by atoms with Gasteiger partial charge in [-0.05, 0) is 6.42 Å². The first-order valence-corrected chi connectivity index (χ1v) is 6.94. The van der Waals surface area contributed by atoms with Gasteiger partial charge < -0.3 is 10.2 Å². The molecule has 104 valence electrons. The molecule has 1 fully saturated rings. The molecule has 0 aromatic carbocycles. The molecule has 0 spiro atoms. The quantitative estimate of drug-likeness (QED) is 0.701. The van der Waals surface area contributed by atoms with Crippen molar-refractivity contribution in [2.45, 2.75) is 33.1 Å². The largest absolute Gasteiger partial charge is 0.355 e. The molecule has 1 heterocycles. The average Bonchev–Trinajstić information content (AvgIpc) is 2.39. The van der Waals surface area contributed by atoms with Crippen molar-refractivity contribution in [1.82, 2.24) is 15.1 Å². The van der Waals surface area contributed by atoms with Gasteiger partial charge in [0.2, 0.25) is 11.8 Å². The molecule has 0 bridgehead atoms. The van der Waals surface area contributed by atoms with Gasteiger partial charge in [-0.2, -0.15) is 0 Å². The Labute approximate surface area is 110 Å². The lowest BCUT2D eigenvalue weighted by atomic mass is 10.3. The van der Waals surface area contributed by atoms with Gasteiger partial charge in [0.15, 0.2) is 0 Å². The maximum Gasteiger partial charge on any atom is 0.234 e. The van der Waals surface area contributed by atoms with Crippen LogP contribution in [0.1, 0.15) is 33.1 Å². The van der Waals surface area contributed by atoms with Crippen LogP contribution in [0.4, 0.5) is 0 Å². The molecule has 1 saturated heterocycles. The Morgan fingerprint density at radius 3 is 2.33 bits per heavy atom. The lowest BCUT2D eigenvalue weighted by Crippen LogP contribution is -2.51. The highest BCUT2D eigenvalue weighted by molar-refractivity contribution is 5.78. The highest BCUT2D eigenvalue weighted by atomic mass is 16.2. The third-order valence-corrected chi connectivity index (χ3v) is 3.25. The molecule has 18 heavy (non-hydrogen) atoms. The number of rotatable bonds is 6. The molecule has 0 saturated carbocycles. The Kier molecular flexibility index (Phi) is 6.72. The first-order chi connectivity index (χ1) is 8.67. The number of carbonyl (C=O) groups excluding carboxylic acids is 2. The Balaban J connectivity index is 2.18. The second kappa shape index (κ2) is 8.08. The molecule has 2 amide bonds. The molecule has 0 aliphatic carbocycles. The zero-order valence-corrected chi connectivity index (χ0v) is 11.6. The van der Waals surface area contributed by atoms with Crippen molar-refractivity contribution >= 4 is 11.8 Å². The van der Waals surface area contributed by atoms with Gasteiger partial charge in [0.1, 0.15) is 0 Å². The van der Waals surface area contributed by atoms with Crippen LogP contribution in [-0.4, -0.2) is 60.9 Å². The van der Waals surface area contributed by atoms with Gasteiger partial charge in [0.05, 0.1) is 6.54 Å². The number of amides is 2. The molecule has 0 unspecified atom stereocenters. The molecule has 5 heteroatoms. The van der Waals surface area contributed by atoms with Crippen LogP contribution in [0.25, 0.3) is 0 Å². The first-order valence-electron chi connectivity index (χ1n) is 6.94. The third-order valence-electron chi connectivity index (χ3n) is 3.25. The highest BCUT2D eigenvalue weighted by Gasteiger charge is 2.20. The van der Waals surface area contributed by atoms with E-state index in [2.05, 4.69) is 17.1 Å². The number of hydrogen-bond donors (Lipinski definition) is 1. The molecule has 0 aromatic rings. The summed E-state index contributed by atoms with van der Waals surface area (Å²) in [6, 6.07) is 0. The molecule has 1 aliphatic heterocycles. The highest BCUT2D eigenvalue weighted by Crippen LogP contribution is 2.03. The number of unbranched alkanes of at least 4 members (excludes halogenated alkanes) is 1. The van der Waals surface area contributed by atoms with Gasteiger partial charge in [-0.15, -0.1) is 0 Å². The smallest absolute Gasteiger partial charge is 0.234 e. The Morgan fingerprint density at radius 2 is 1.78 bits per heavy atom. The molecular weight excluding hydrogens is 230 g/mol. The fourth-order valence-corrected chi connectivity index (χ4v) is 2.04. The van der Waals surface area contributed by atoms with Gasteiger partial charge in [0.25, 0.3) is 0 Å². The van der Waals surface area contributed by atoms with Crippen LogP contribution in [0.5, 0.6) is 0 Å². The Bertz CT molecular complexity index is 273. The number of nitrogens with zero attached hydrogens (tertiary/aromatic N) is 2.